The van der Waals surface area contributed by atoms with Crippen LogP contribution in [0.15, 0.2) is 0 Å². The van der Waals surface area contributed by atoms with Gasteiger partial charge in [0.2, 0.25) is 9.84 Å². The highest BCUT2D eigenvalue weighted by molar-refractivity contribution is 7.94. The highest BCUT2D eigenvalue weighted by Gasteiger charge is 2.86. The third-order valence-electron chi connectivity index (χ3n) is 2.78. The molecule has 0 aromatic rings. The predicted molar refractivity (Wildman–Crippen MR) is 66.9 cm³/mol. The molecule has 0 saturated carbocycles. The van der Waals surface area contributed by atoms with E-state index in [1.807, 2.05) is 0 Å². The smallest absolute Gasteiger partial charge is 0.460 e. The lowest BCUT2D eigenvalue weighted by molar-refractivity contribution is -0.382. The normalized spacial score (nSPS) is 14.2. The molecule has 0 rings (SSSR count). The van der Waals surface area contributed by atoms with Crippen LogP contribution in [0.3, 0.4) is 0 Å². The van der Waals surface area contributed by atoms with Crippen molar-refractivity contribution in [1.29, 1.82) is 0 Å². The van der Waals surface area contributed by atoms with Gasteiger partial charge >= 0.3 is 35.2 Å². The first kappa shape index (κ1) is 25.3. The van der Waals surface area contributed by atoms with E-state index in [1.54, 1.807) is 0 Å². The third kappa shape index (κ3) is 4.08. The lowest BCUT2D eigenvalue weighted by Crippen LogP contribution is -2.65. The minimum absolute atomic E-state index is 0.787. The largest absolute Gasteiger partial charge is 0.465 e. The van der Waals surface area contributed by atoms with Gasteiger partial charge in [0.25, 0.3) is 5.25 Å². The van der Waals surface area contributed by atoms with Gasteiger partial charge in [-0.25, -0.2) is 8.42 Å². The summed E-state index contributed by atoms with van der Waals surface area (Å²) in [5.74, 6) is -20.0. The third-order valence-corrected chi connectivity index (χ3v) is 4.76. The molecule has 0 aliphatic heterocycles. The van der Waals surface area contributed by atoms with E-state index in [1.165, 1.54) is 0 Å². The van der Waals surface area contributed by atoms with Gasteiger partial charge in [0, 0.05) is 0 Å². The molecular formula is C11H11F9O6S. The summed E-state index contributed by atoms with van der Waals surface area (Å²) in [5.41, 5.74) is 0. The van der Waals surface area contributed by atoms with Gasteiger partial charge in [0.05, 0.1) is 13.2 Å². The number of carbonyl (C=O) groups is 2. The molecular weight excluding hydrogens is 431 g/mol. The van der Waals surface area contributed by atoms with Crippen molar-refractivity contribution in [3.8, 4) is 0 Å². The second-order valence-corrected chi connectivity index (χ2v) is 6.67. The zero-order chi connectivity index (χ0) is 22.1. The van der Waals surface area contributed by atoms with Crippen LogP contribution in [-0.2, 0) is 28.9 Å². The first-order chi connectivity index (χ1) is 11.8. The Bertz CT molecular complexity index is 652. The summed E-state index contributed by atoms with van der Waals surface area (Å²) < 4.78 is 147. The van der Waals surface area contributed by atoms with Crippen molar-refractivity contribution >= 4 is 21.8 Å². The molecule has 27 heavy (non-hydrogen) atoms. The number of halogens is 9. The molecule has 0 amide bonds. The van der Waals surface area contributed by atoms with Gasteiger partial charge in [-0.15, -0.1) is 0 Å². The molecule has 0 aliphatic rings. The number of carbonyl (C=O) groups excluding carboxylic acids is 2. The number of rotatable bonds is 8. The van der Waals surface area contributed by atoms with E-state index in [2.05, 4.69) is 9.47 Å². The Morgan fingerprint density at radius 3 is 1.37 bits per heavy atom. The fourth-order valence-corrected chi connectivity index (χ4v) is 2.90. The number of hydrogen-bond acceptors (Lipinski definition) is 6. The molecule has 0 fully saturated rings. The first-order valence-electron chi connectivity index (χ1n) is 6.61. The van der Waals surface area contributed by atoms with Crippen molar-refractivity contribution < 1.29 is 67.0 Å². The average Bonchev–Trinajstić information content (AvgIpc) is 2.45. The monoisotopic (exact) mass is 442 g/mol. The Labute approximate surface area is 145 Å². The van der Waals surface area contributed by atoms with Gasteiger partial charge in [0.1, 0.15) is 0 Å². The maximum Gasteiger partial charge on any atom is 0.460 e. The molecule has 0 bridgehead atoms. The minimum atomic E-state index is -7.59. The molecule has 0 heterocycles. The van der Waals surface area contributed by atoms with E-state index < -0.39 is 63.5 Å². The zero-order valence-electron chi connectivity index (χ0n) is 13.3. The quantitative estimate of drug-likeness (QED) is 0.326. The van der Waals surface area contributed by atoms with E-state index in [4.69, 9.17) is 0 Å². The Morgan fingerprint density at radius 2 is 1.11 bits per heavy atom. The topological polar surface area (TPSA) is 86.7 Å². The lowest BCUT2D eigenvalue weighted by Gasteiger charge is -2.34. The van der Waals surface area contributed by atoms with Crippen molar-refractivity contribution in [3.05, 3.63) is 0 Å². The zero-order valence-corrected chi connectivity index (χ0v) is 14.1. The van der Waals surface area contributed by atoms with E-state index in [0.717, 1.165) is 13.8 Å². The highest BCUT2D eigenvalue weighted by atomic mass is 32.2. The average molecular weight is 442 g/mol. The van der Waals surface area contributed by atoms with E-state index >= 15 is 0 Å². The van der Waals surface area contributed by atoms with Crippen LogP contribution >= 0.6 is 0 Å². The van der Waals surface area contributed by atoms with Crippen LogP contribution in [0.4, 0.5) is 39.5 Å². The predicted octanol–water partition coefficient (Wildman–Crippen LogP) is 2.32. The second-order valence-electron chi connectivity index (χ2n) is 4.59. The molecule has 0 atom stereocenters. The van der Waals surface area contributed by atoms with Gasteiger partial charge in [-0.2, -0.15) is 39.5 Å². The summed E-state index contributed by atoms with van der Waals surface area (Å²) in [4.78, 5) is 22.9. The van der Waals surface area contributed by atoms with Crippen LogP contribution in [0.25, 0.3) is 0 Å². The summed E-state index contributed by atoms with van der Waals surface area (Å²) >= 11 is 0. The Balaban J connectivity index is 6.55. The molecule has 160 valence electrons. The molecule has 6 nitrogen and oxygen atoms in total. The Hall–Kier alpha value is -1.74. The van der Waals surface area contributed by atoms with Crippen LogP contribution in [0.5, 0.6) is 0 Å². The van der Waals surface area contributed by atoms with Crippen molar-refractivity contribution in [2.45, 2.75) is 42.4 Å². The van der Waals surface area contributed by atoms with Crippen LogP contribution in [0, 0.1) is 0 Å². The Kier molecular flexibility index (Phi) is 7.21. The van der Waals surface area contributed by atoms with E-state index in [-0.39, 0.29) is 0 Å². The van der Waals surface area contributed by atoms with Crippen molar-refractivity contribution in [2.24, 2.45) is 0 Å². The molecule has 0 aromatic heterocycles. The van der Waals surface area contributed by atoms with Gasteiger partial charge in [-0.3, -0.25) is 9.59 Å². The summed E-state index contributed by atoms with van der Waals surface area (Å²) in [6, 6.07) is 0. The molecule has 0 aliphatic carbocycles. The molecule has 0 spiro atoms. The second kappa shape index (κ2) is 7.71. The lowest BCUT2D eigenvalue weighted by atomic mass is 10.1. The van der Waals surface area contributed by atoms with Crippen molar-refractivity contribution in [3.63, 3.8) is 0 Å². The summed E-state index contributed by atoms with van der Waals surface area (Å²) in [5, 5.41) is -11.1. The van der Waals surface area contributed by atoms with Gasteiger partial charge in [-0.05, 0) is 13.8 Å². The number of hydrogen-bond donors (Lipinski definition) is 0. The van der Waals surface area contributed by atoms with Gasteiger partial charge < -0.3 is 9.47 Å². The fourth-order valence-electron chi connectivity index (χ4n) is 1.47. The van der Waals surface area contributed by atoms with Gasteiger partial charge in [0.15, 0.2) is 0 Å². The molecule has 16 heteroatoms. The molecule has 0 saturated heterocycles. The number of sulfone groups is 1. The van der Waals surface area contributed by atoms with E-state index in [0.29, 0.717) is 0 Å². The molecule has 0 N–H and O–H groups in total. The Morgan fingerprint density at radius 1 is 0.778 bits per heavy atom. The molecule has 0 aromatic carbocycles. The highest BCUT2D eigenvalue weighted by Crippen LogP contribution is 2.55. The van der Waals surface area contributed by atoms with E-state index in [9.17, 15) is 57.5 Å². The summed E-state index contributed by atoms with van der Waals surface area (Å²) in [6.07, 6.45) is -7.29. The summed E-state index contributed by atoms with van der Waals surface area (Å²) in [6.45, 7) is 0.338. The first-order valence-corrected chi connectivity index (χ1v) is 8.16. The van der Waals surface area contributed by atoms with Crippen LogP contribution in [0.1, 0.15) is 13.8 Å². The van der Waals surface area contributed by atoms with Crippen molar-refractivity contribution in [2.75, 3.05) is 13.2 Å². The maximum absolute atomic E-state index is 13.7. The van der Waals surface area contributed by atoms with Crippen LogP contribution in [0.2, 0.25) is 0 Å². The SMILES string of the molecule is CCOC(=O)C(C(=O)OCC)S(=O)(=O)C(F)(F)C(F)(F)C(F)(F)C(F)(F)F. The summed E-state index contributed by atoms with van der Waals surface area (Å²) in [7, 11) is -7.36. The van der Waals surface area contributed by atoms with Crippen LogP contribution < -0.4 is 0 Å². The maximum atomic E-state index is 13.7. The fraction of sp³-hybridized carbons (Fsp3) is 0.818. The van der Waals surface area contributed by atoms with Gasteiger partial charge in [-0.1, -0.05) is 0 Å². The number of esters is 2. The van der Waals surface area contributed by atoms with Crippen molar-refractivity contribution in [1.82, 2.24) is 0 Å². The van der Waals surface area contributed by atoms with Crippen LogP contribution in [-0.4, -0.2) is 62.1 Å². The number of alkyl halides is 9. The number of ether oxygens (including phenoxy) is 2. The standard InChI is InChI=1S/C11H11F9O6S/c1-3-25-6(21)5(7(22)26-4-2)27(23,24)11(19,20)9(14,15)8(12,13)10(16,17)18/h5H,3-4H2,1-2H3. The molecule has 0 unspecified atom stereocenters. The molecule has 0 radical (unpaired) electrons. The minimum Gasteiger partial charge on any atom is -0.465 e.